The Morgan fingerprint density at radius 3 is 3.00 bits per heavy atom. The third-order valence-electron chi connectivity index (χ3n) is 3.28. The highest BCUT2D eigenvalue weighted by molar-refractivity contribution is 9.10. The molecule has 1 heterocycles. The Kier molecular flexibility index (Phi) is 3.81. The summed E-state index contributed by atoms with van der Waals surface area (Å²) in [7, 11) is 0. The van der Waals surface area contributed by atoms with Gasteiger partial charge in [0.25, 0.3) is 0 Å². The van der Waals surface area contributed by atoms with E-state index in [9.17, 15) is 0 Å². The van der Waals surface area contributed by atoms with E-state index in [0.717, 1.165) is 13.2 Å². The van der Waals surface area contributed by atoms with E-state index < -0.39 is 0 Å². The molecule has 1 saturated heterocycles. The summed E-state index contributed by atoms with van der Waals surface area (Å²) >= 11 is 3.52. The van der Waals surface area contributed by atoms with Crippen LogP contribution < -0.4 is 0 Å². The summed E-state index contributed by atoms with van der Waals surface area (Å²) in [6.07, 6.45) is 2.51. The van der Waals surface area contributed by atoms with E-state index in [2.05, 4.69) is 47.1 Å². The molecule has 2 atom stereocenters. The molecule has 1 aliphatic rings. The third-order valence-corrected chi connectivity index (χ3v) is 3.77. The van der Waals surface area contributed by atoms with Gasteiger partial charge in [-0.05, 0) is 42.4 Å². The molecule has 0 amide bonds. The first kappa shape index (κ1) is 11.2. The first-order valence-corrected chi connectivity index (χ1v) is 6.40. The lowest BCUT2D eigenvalue weighted by atomic mass is 9.84. The predicted molar refractivity (Wildman–Crippen MR) is 66.1 cm³/mol. The van der Waals surface area contributed by atoms with Crippen molar-refractivity contribution in [2.24, 2.45) is 5.92 Å². The van der Waals surface area contributed by atoms with Gasteiger partial charge in [-0.15, -0.1) is 0 Å². The third kappa shape index (κ3) is 2.82. The second-order valence-corrected chi connectivity index (χ2v) is 5.24. The first-order valence-electron chi connectivity index (χ1n) is 5.60. The maximum absolute atomic E-state index is 5.54. The monoisotopic (exact) mass is 268 g/mol. The number of ether oxygens (including phenoxy) is 1. The number of hydrogen-bond donors (Lipinski definition) is 0. The number of hydrogen-bond acceptors (Lipinski definition) is 1. The minimum Gasteiger partial charge on any atom is -0.381 e. The van der Waals surface area contributed by atoms with Gasteiger partial charge in [-0.3, -0.25) is 0 Å². The number of benzene rings is 1. The van der Waals surface area contributed by atoms with Crippen LogP contribution in [-0.4, -0.2) is 13.2 Å². The van der Waals surface area contributed by atoms with Crippen molar-refractivity contribution in [3.8, 4) is 0 Å². The Balaban J connectivity index is 2.08. The fraction of sp³-hybridized carbons (Fsp3) is 0.538. The van der Waals surface area contributed by atoms with Crippen LogP contribution in [0.5, 0.6) is 0 Å². The molecule has 1 aromatic rings. The van der Waals surface area contributed by atoms with Crippen LogP contribution in [0, 0.1) is 5.92 Å². The summed E-state index contributed by atoms with van der Waals surface area (Å²) in [5.74, 6) is 1.29. The smallest absolute Gasteiger partial charge is 0.0500 e. The van der Waals surface area contributed by atoms with Crippen molar-refractivity contribution in [3.63, 3.8) is 0 Å². The summed E-state index contributed by atoms with van der Waals surface area (Å²) < 4.78 is 6.71. The van der Waals surface area contributed by atoms with Crippen molar-refractivity contribution in [1.82, 2.24) is 0 Å². The minimum atomic E-state index is 0.600. The SMILES string of the molecule is CC(c1cccc(Br)c1)C1CCCOC1. The zero-order chi connectivity index (χ0) is 10.7. The molecule has 0 saturated carbocycles. The highest BCUT2D eigenvalue weighted by Crippen LogP contribution is 2.31. The summed E-state index contributed by atoms with van der Waals surface area (Å²) in [6.45, 7) is 4.18. The number of rotatable bonds is 2. The van der Waals surface area contributed by atoms with Gasteiger partial charge in [-0.25, -0.2) is 0 Å². The fourth-order valence-corrected chi connectivity index (χ4v) is 2.64. The van der Waals surface area contributed by atoms with Crippen LogP contribution in [0.4, 0.5) is 0 Å². The molecule has 82 valence electrons. The van der Waals surface area contributed by atoms with Crippen LogP contribution in [0.1, 0.15) is 31.2 Å². The predicted octanol–water partition coefficient (Wildman–Crippen LogP) is 3.98. The molecule has 1 aliphatic heterocycles. The highest BCUT2D eigenvalue weighted by Gasteiger charge is 2.21. The lowest BCUT2D eigenvalue weighted by molar-refractivity contribution is 0.0463. The maximum atomic E-state index is 5.54. The Bertz CT molecular complexity index is 318. The van der Waals surface area contributed by atoms with E-state index in [0.29, 0.717) is 11.8 Å². The zero-order valence-electron chi connectivity index (χ0n) is 9.08. The standard InChI is InChI=1S/C13H17BrO/c1-10(12-5-3-7-15-9-12)11-4-2-6-13(14)8-11/h2,4,6,8,10,12H,3,5,7,9H2,1H3. The molecule has 1 fully saturated rings. The molecule has 2 unspecified atom stereocenters. The van der Waals surface area contributed by atoms with E-state index in [1.54, 1.807) is 0 Å². The minimum absolute atomic E-state index is 0.600. The quantitative estimate of drug-likeness (QED) is 0.789. The lowest BCUT2D eigenvalue weighted by Crippen LogP contribution is -2.22. The van der Waals surface area contributed by atoms with Crippen LogP contribution in [0.2, 0.25) is 0 Å². The molecular weight excluding hydrogens is 252 g/mol. The van der Waals surface area contributed by atoms with Gasteiger partial charge < -0.3 is 4.74 Å². The van der Waals surface area contributed by atoms with Crippen molar-refractivity contribution in [2.45, 2.75) is 25.7 Å². The van der Waals surface area contributed by atoms with E-state index in [4.69, 9.17) is 4.74 Å². The first-order chi connectivity index (χ1) is 7.27. The van der Waals surface area contributed by atoms with Crippen molar-refractivity contribution >= 4 is 15.9 Å². The van der Waals surface area contributed by atoms with Gasteiger partial charge in [-0.1, -0.05) is 35.0 Å². The molecule has 2 rings (SSSR count). The van der Waals surface area contributed by atoms with Crippen LogP contribution in [-0.2, 0) is 4.74 Å². The molecule has 2 heteroatoms. The van der Waals surface area contributed by atoms with Crippen LogP contribution in [0.3, 0.4) is 0 Å². The largest absolute Gasteiger partial charge is 0.381 e. The van der Waals surface area contributed by atoms with Gasteiger partial charge in [0, 0.05) is 17.7 Å². The molecule has 0 radical (unpaired) electrons. The van der Waals surface area contributed by atoms with Crippen LogP contribution in [0.15, 0.2) is 28.7 Å². The molecule has 1 aromatic carbocycles. The molecule has 1 nitrogen and oxygen atoms in total. The summed E-state index contributed by atoms with van der Waals surface area (Å²) in [5.41, 5.74) is 1.42. The average molecular weight is 269 g/mol. The van der Waals surface area contributed by atoms with Gasteiger partial charge in [0.05, 0.1) is 0 Å². The second kappa shape index (κ2) is 5.13. The maximum Gasteiger partial charge on any atom is 0.0500 e. The van der Waals surface area contributed by atoms with Crippen molar-refractivity contribution in [1.29, 1.82) is 0 Å². The Labute approximate surface area is 100.0 Å². The molecule has 0 spiro atoms. The molecule has 0 bridgehead atoms. The van der Waals surface area contributed by atoms with Crippen LogP contribution in [0.25, 0.3) is 0 Å². The van der Waals surface area contributed by atoms with Gasteiger partial charge in [-0.2, -0.15) is 0 Å². The second-order valence-electron chi connectivity index (χ2n) is 4.32. The summed E-state index contributed by atoms with van der Waals surface area (Å²) in [6, 6.07) is 8.62. The Hall–Kier alpha value is -0.340. The van der Waals surface area contributed by atoms with Crippen LogP contribution >= 0.6 is 15.9 Å². The molecule has 0 aliphatic carbocycles. The topological polar surface area (TPSA) is 9.23 Å². The molecular formula is C13H17BrO. The van der Waals surface area contributed by atoms with E-state index in [1.165, 1.54) is 22.9 Å². The van der Waals surface area contributed by atoms with E-state index >= 15 is 0 Å². The molecule has 0 N–H and O–H groups in total. The number of halogens is 1. The molecule has 15 heavy (non-hydrogen) atoms. The van der Waals surface area contributed by atoms with Gasteiger partial charge in [0.15, 0.2) is 0 Å². The summed E-state index contributed by atoms with van der Waals surface area (Å²) in [4.78, 5) is 0. The lowest BCUT2D eigenvalue weighted by Gasteiger charge is -2.28. The zero-order valence-corrected chi connectivity index (χ0v) is 10.7. The average Bonchev–Trinajstić information content (AvgIpc) is 2.29. The van der Waals surface area contributed by atoms with Gasteiger partial charge in [0.1, 0.15) is 0 Å². The van der Waals surface area contributed by atoms with Gasteiger partial charge >= 0.3 is 0 Å². The van der Waals surface area contributed by atoms with Crippen molar-refractivity contribution in [2.75, 3.05) is 13.2 Å². The van der Waals surface area contributed by atoms with E-state index in [-0.39, 0.29) is 0 Å². The summed E-state index contributed by atoms with van der Waals surface area (Å²) in [5, 5.41) is 0. The van der Waals surface area contributed by atoms with Gasteiger partial charge in [0.2, 0.25) is 0 Å². The Morgan fingerprint density at radius 2 is 2.33 bits per heavy atom. The highest BCUT2D eigenvalue weighted by atomic mass is 79.9. The normalized spacial score (nSPS) is 23.7. The van der Waals surface area contributed by atoms with Crippen molar-refractivity contribution in [3.05, 3.63) is 34.3 Å². The fourth-order valence-electron chi connectivity index (χ4n) is 2.22. The van der Waals surface area contributed by atoms with E-state index in [1.807, 2.05) is 0 Å². The molecule has 0 aromatic heterocycles. The Morgan fingerprint density at radius 1 is 1.47 bits per heavy atom. The van der Waals surface area contributed by atoms with Crippen molar-refractivity contribution < 1.29 is 4.74 Å².